The topological polar surface area (TPSA) is 168 Å². The molecule has 6 rings (SSSR count). The van der Waals surface area contributed by atoms with Gasteiger partial charge in [0.05, 0.1) is 19.9 Å². The molecule has 0 aliphatic carbocycles. The van der Waals surface area contributed by atoms with Crippen LogP contribution in [0.25, 0.3) is 0 Å². The zero-order valence-electron chi connectivity index (χ0n) is 28.3. The lowest BCUT2D eigenvalue weighted by Crippen LogP contribution is -2.59. The van der Waals surface area contributed by atoms with Crippen LogP contribution in [-0.4, -0.2) is 82.7 Å². The molecule has 2 aliphatic rings. The molecule has 4 N–H and O–H groups in total. The highest BCUT2D eigenvalue weighted by atomic mass is 79.9. The highest BCUT2D eigenvalue weighted by molar-refractivity contribution is 9.10. The monoisotopic (exact) mass is 709 g/mol. The summed E-state index contributed by atoms with van der Waals surface area (Å²) in [6.45, 7) is 14.4. The number of H-pyrrole nitrogens is 2. The number of methoxy groups -OCH3 is 2. The molecular weight excluding hydrogens is 666 g/mol. The zero-order chi connectivity index (χ0) is 34.5. The van der Waals surface area contributed by atoms with Crippen molar-refractivity contribution in [2.75, 3.05) is 55.9 Å². The maximum Gasteiger partial charge on any atom is 0.315 e. The molecule has 0 atom stereocenters. The first-order chi connectivity index (χ1) is 22.1. The summed E-state index contributed by atoms with van der Waals surface area (Å²) in [5.41, 5.74) is 10.7. The molecule has 0 bridgehead atoms. The number of pyridine rings is 2. The number of halogens is 1. The lowest BCUT2D eigenvalue weighted by molar-refractivity contribution is -0.154. The third-order valence-corrected chi connectivity index (χ3v) is 8.35. The van der Waals surface area contributed by atoms with Gasteiger partial charge in [-0.25, -0.2) is 9.97 Å². The van der Waals surface area contributed by atoms with E-state index >= 15 is 0 Å². The number of aromatic amines is 2. The summed E-state index contributed by atoms with van der Waals surface area (Å²) in [5, 5.41) is 13.6. The van der Waals surface area contributed by atoms with Crippen molar-refractivity contribution in [2.45, 2.75) is 48.0 Å². The summed E-state index contributed by atoms with van der Waals surface area (Å²) in [7, 11) is 2.86. The number of rotatable bonds is 6. The maximum absolute atomic E-state index is 11.8. The van der Waals surface area contributed by atoms with Crippen LogP contribution in [0.3, 0.4) is 0 Å². The number of carbonyl (C=O) groups is 2. The van der Waals surface area contributed by atoms with Gasteiger partial charge in [-0.3, -0.25) is 19.8 Å². The van der Waals surface area contributed by atoms with Crippen LogP contribution in [0, 0.1) is 38.5 Å². The van der Waals surface area contributed by atoms with Crippen LogP contribution < -0.4 is 15.5 Å². The molecule has 0 aromatic carbocycles. The van der Waals surface area contributed by atoms with E-state index in [1.807, 2.05) is 52.8 Å². The van der Waals surface area contributed by atoms with Crippen molar-refractivity contribution < 1.29 is 19.1 Å². The third kappa shape index (κ3) is 8.88. The molecule has 0 spiro atoms. The van der Waals surface area contributed by atoms with E-state index in [-0.39, 0.29) is 11.9 Å². The lowest BCUT2D eigenvalue weighted by Gasteiger charge is -2.46. The van der Waals surface area contributed by atoms with E-state index < -0.39 is 10.8 Å². The normalized spacial score (nSPS) is 15.6. The van der Waals surface area contributed by atoms with Crippen LogP contribution in [0.2, 0.25) is 0 Å². The van der Waals surface area contributed by atoms with Crippen molar-refractivity contribution in [1.29, 1.82) is 0 Å². The predicted octanol–water partition coefficient (Wildman–Crippen LogP) is 4.46. The molecule has 2 fully saturated rings. The van der Waals surface area contributed by atoms with Crippen LogP contribution in [-0.2, 0) is 25.5 Å². The van der Waals surface area contributed by atoms with Gasteiger partial charge in [-0.1, -0.05) is 0 Å². The van der Waals surface area contributed by atoms with Crippen LogP contribution in [0.4, 0.5) is 17.5 Å². The van der Waals surface area contributed by atoms with E-state index in [0.717, 1.165) is 50.1 Å². The molecule has 6 heterocycles. The second-order valence-electron chi connectivity index (χ2n) is 12.8. The Kier molecular flexibility index (Phi) is 10.9. The molecule has 4 aromatic rings. The van der Waals surface area contributed by atoms with Crippen LogP contribution in [0.15, 0.2) is 41.0 Å². The fourth-order valence-corrected chi connectivity index (χ4v) is 6.14. The SMILES string of the molecule is COC(=O)C1(C)CN(c2cc(C)cc(Br)n2)C1.COC(=O)C1(C)CN(c2cc(C)cc(Cc3cc(C)[nH]n3)n2)C1.Cc1cc(N)n[nH]1. The first kappa shape index (κ1) is 35.4. The second kappa shape index (κ2) is 14.5. The first-order valence-corrected chi connectivity index (χ1v) is 16.0. The molecule has 47 heavy (non-hydrogen) atoms. The number of hydrogen-bond acceptors (Lipinski definition) is 11. The van der Waals surface area contributed by atoms with Gasteiger partial charge in [-0.2, -0.15) is 10.2 Å². The molecule has 252 valence electrons. The van der Waals surface area contributed by atoms with Gasteiger partial charge in [0.2, 0.25) is 0 Å². The first-order valence-electron chi connectivity index (χ1n) is 15.2. The molecule has 2 aliphatic heterocycles. The van der Waals surface area contributed by atoms with E-state index in [4.69, 9.17) is 20.2 Å². The number of ether oxygens (including phenoxy) is 2. The summed E-state index contributed by atoms with van der Waals surface area (Å²) in [5.74, 6) is 2.05. The standard InChI is InChI=1S/C17H22N4O2.C12H15BrN2O2.C4H7N3/c1-11-5-13(8-14-7-12(2)19-20-14)18-15(6-11)21-9-17(3,10-21)16(22)23-4;1-8-4-9(13)14-10(5-8)15-6-12(2,7-15)11(16)17-3;1-3-2-4(5)7-6-3/h5-7H,8-10H2,1-4H3,(H,19,20);4-5H,6-7H2,1-3H3;2H,1H3,(H3,5,6,7). The predicted molar refractivity (Wildman–Crippen MR) is 184 cm³/mol. The number of anilines is 3. The Labute approximate surface area is 283 Å². The van der Waals surface area contributed by atoms with E-state index in [0.29, 0.717) is 38.4 Å². The van der Waals surface area contributed by atoms with Crippen molar-refractivity contribution >= 4 is 45.3 Å². The average Bonchev–Trinajstić information content (AvgIpc) is 3.57. The summed E-state index contributed by atoms with van der Waals surface area (Å²) in [6, 6.07) is 11.9. The van der Waals surface area contributed by atoms with Gasteiger partial charge in [-0.05, 0) is 98.9 Å². The Hall–Kier alpha value is -4.46. The number of nitrogen functional groups attached to an aromatic ring is 1. The highest BCUT2D eigenvalue weighted by Crippen LogP contribution is 2.36. The van der Waals surface area contributed by atoms with Crippen molar-refractivity contribution in [3.05, 3.63) is 74.9 Å². The number of carbonyl (C=O) groups excluding carboxylic acids is 2. The fourth-order valence-electron chi connectivity index (χ4n) is 5.60. The largest absolute Gasteiger partial charge is 0.468 e. The fraction of sp³-hybridized carbons (Fsp3) is 0.455. The van der Waals surface area contributed by atoms with E-state index in [1.54, 1.807) is 6.07 Å². The zero-order valence-corrected chi connectivity index (χ0v) is 29.9. The number of nitrogens with two attached hydrogens (primary N) is 1. The number of aromatic nitrogens is 6. The number of hydrogen-bond donors (Lipinski definition) is 3. The summed E-state index contributed by atoms with van der Waals surface area (Å²) >= 11 is 3.38. The number of aryl methyl sites for hydroxylation is 4. The van der Waals surface area contributed by atoms with Crippen molar-refractivity contribution in [3.8, 4) is 0 Å². The van der Waals surface area contributed by atoms with E-state index in [1.165, 1.54) is 14.2 Å². The Bertz CT molecular complexity index is 1670. The van der Waals surface area contributed by atoms with Crippen molar-refractivity contribution in [2.24, 2.45) is 10.8 Å². The highest BCUT2D eigenvalue weighted by Gasteiger charge is 2.47. The molecular formula is C33H44BrN9O4. The molecule has 0 radical (unpaired) electrons. The molecule has 13 nitrogen and oxygen atoms in total. The Balaban J connectivity index is 0.000000182. The quantitative estimate of drug-likeness (QED) is 0.191. The average molecular weight is 711 g/mol. The van der Waals surface area contributed by atoms with Crippen LogP contribution >= 0.6 is 15.9 Å². The van der Waals surface area contributed by atoms with E-state index in [9.17, 15) is 9.59 Å². The minimum Gasteiger partial charge on any atom is -0.468 e. The Morgan fingerprint density at radius 3 is 1.66 bits per heavy atom. The van der Waals surface area contributed by atoms with Gasteiger partial charge >= 0.3 is 11.9 Å². The molecule has 0 saturated carbocycles. The number of nitrogens with one attached hydrogen (secondary N) is 2. The minimum atomic E-state index is -0.431. The number of nitrogens with zero attached hydrogens (tertiary/aromatic N) is 6. The van der Waals surface area contributed by atoms with Gasteiger partial charge in [0.25, 0.3) is 0 Å². The minimum absolute atomic E-state index is 0.152. The number of esters is 2. The summed E-state index contributed by atoms with van der Waals surface area (Å²) in [6.07, 6.45) is 0.696. The molecule has 4 aromatic heterocycles. The second-order valence-corrected chi connectivity index (χ2v) is 13.6. The van der Waals surface area contributed by atoms with Crippen LogP contribution in [0.1, 0.15) is 47.8 Å². The van der Waals surface area contributed by atoms with Gasteiger partial charge in [0.15, 0.2) is 0 Å². The van der Waals surface area contributed by atoms with Crippen molar-refractivity contribution in [3.63, 3.8) is 0 Å². The van der Waals surface area contributed by atoms with E-state index in [2.05, 4.69) is 70.2 Å². The third-order valence-electron chi connectivity index (χ3n) is 7.94. The Morgan fingerprint density at radius 2 is 1.26 bits per heavy atom. The van der Waals surface area contributed by atoms with Gasteiger partial charge in [-0.15, -0.1) is 0 Å². The van der Waals surface area contributed by atoms with Crippen LogP contribution in [0.5, 0.6) is 0 Å². The van der Waals surface area contributed by atoms with Gasteiger partial charge in [0, 0.05) is 55.7 Å². The summed E-state index contributed by atoms with van der Waals surface area (Å²) < 4.78 is 10.5. The lowest BCUT2D eigenvalue weighted by atomic mass is 9.82. The molecule has 0 amide bonds. The molecule has 0 unspecified atom stereocenters. The van der Waals surface area contributed by atoms with Gasteiger partial charge in [0.1, 0.15) is 32.9 Å². The molecule has 2 saturated heterocycles. The van der Waals surface area contributed by atoms with Gasteiger partial charge < -0.3 is 25.0 Å². The summed E-state index contributed by atoms with van der Waals surface area (Å²) in [4.78, 5) is 36.7. The maximum atomic E-state index is 11.8. The Morgan fingerprint density at radius 1 is 0.766 bits per heavy atom. The molecule has 14 heteroatoms. The smallest absolute Gasteiger partial charge is 0.315 e. The van der Waals surface area contributed by atoms with Crippen molar-refractivity contribution in [1.82, 2.24) is 30.4 Å².